The Labute approximate surface area is 139 Å². The van der Waals surface area contributed by atoms with Gasteiger partial charge in [-0.3, -0.25) is 9.69 Å². The molecule has 23 heavy (non-hydrogen) atoms. The lowest BCUT2D eigenvalue weighted by molar-refractivity contribution is -0.139. The van der Waals surface area contributed by atoms with Crippen LogP contribution in [0.25, 0.3) is 0 Å². The molecule has 2 aliphatic heterocycles. The highest BCUT2D eigenvalue weighted by molar-refractivity contribution is 8.14. The Morgan fingerprint density at radius 3 is 2.83 bits per heavy atom. The molecule has 2 heterocycles. The van der Waals surface area contributed by atoms with E-state index in [1.165, 1.54) is 0 Å². The number of nitrogens with zero attached hydrogens (tertiary/aromatic N) is 2. The zero-order chi connectivity index (χ0) is 16.4. The zero-order valence-corrected chi connectivity index (χ0v) is 13.9. The highest BCUT2D eigenvalue weighted by Crippen LogP contribution is 2.40. The first-order valence-electron chi connectivity index (χ1n) is 7.60. The highest BCUT2D eigenvalue weighted by Gasteiger charge is 2.41. The lowest BCUT2D eigenvalue weighted by Crippen LogP contribution is -2.45. The molecule has 0 radical (unpaired) electrons. The van der Waals surface area contributed by atoms with E-state index in [1.54, 1.807) is 30.5 Å². The number of fused-ring (bicyclic) bond motifs is 1. The van der Waals surface area contributed by atoms with Crippen LogP contribution in [0.3, 0.4) is 0 Å². The van der Waals surface area contributed by atoms with Gasteiger partial charge in [-0.1, -0.05) is 42.1 Å². The van der Waals surface area contributed by atoms with E-state index < -0.39 is 12.0 Å². The van der Waals surface area contributed by atoms with E-state index in [0.717, 1.165) is 11.3 Å². The number of allylic oxidation sites excluding steroid dienone is 1. The van der Waals surface area contributed by atoms with Crippen LogP contribution in [0, 0.1) is 0 Å². The second-order valence-corrected chi connectivity index (χ2v) is 6.35. The number of hydrogen-bond acceptors (Lipinski definition) is 5. The third kappa shape index (κ3) is 2.91. The van der Waals surface area contributed by atoms with Gasteiger partial charge in [0.2, 0.25) is 5.91 Å². The van der Waals surface area contributed by atoms with Crippen molar-refractivity contribution in [3.63, 3.8) is 0 Å². The van der Waals surface area contributed by atoms with Crippen LogP contribution in [0.4, 0.5) is 0 Å². The molecular formula is C17H18N2O3S. The number of amides is 1. The van der Waals surface area contributed by atoms with Gasteiger partial charge in [0.25, 0.3) is 0 Å². The molecule has 6 heteroatoms. The van der Waals surface area contributed by atoms with Gasteiger partial charge >= 0.3 is 5.97 Å². The van der Waals surface area contributed by atoms with E-state index >= 15 is 0 Å². The van der Waals surface area contributed by atoms with E-state index in [4.69, 9.17) is 4.74 Å². The SMILES string of the molecule is CCOC(=O)C1=C(C)N=C2SCCC(=O)N2[C@H]1c1ccccc1. The summed E-state index contributed by atoms with van der Waals surface area (Å²) >= 11 is 1.55. The summed E-state index contributed by atoms with van der Waals surface area (Å²) in [6, 6.07) is 9.09. The first-order chi connectivity index (χ1) is 11.1. The maximum absolute atomic E-state index is 12.5. The van der Waals surface area contributed by atoms with Crippen LogP contribution >= 0.6 is 11.8 Å². The van der Waals surface area contributed by atoms with Crippen molar-refractivity contribution in [1.29, 1.82) is 0 Å². The average molecular weight is 330 g/mol. The molecule has 0 aliphatic carbocycles. The molecule has 0 N–H and O–H groups in total. The topological polar surface area (TPSA) is 59.0 Å². The van der Waals surface area contributed by atoms with E-state index in [0.29, 0.717) is 22.9 Å². The van der Waals surface area contributed by atoms with Crippen molar-refractivity contribution in [2.75, 3.05) is 12.4 Å². The van der Waals surface area contributed by atoms with Crippen LogP contribution in [0.15, 0.2) is 46.6 Å². The van der Waals surface area contributed by atoms with Gasteiger partial charge in [-0.25, -0.2) is 9.79 Å². The molecule has 3 rings (SSSR count). The van der Waals surface area contributed by atoms with Crippen LogP contribution in [0.5, 0.6) is 0 Å². The number of aliphatic imine (C=N–C) groups is 1. The Morgan fingerprint density at radius 2 is 2.13 bits per heavy atom. The Bertz CT molecular complexity index is 697. The molecule has 5 nitrogen and oxygen atoms in total. The van der Waals surface area contributed by atoms with Crippen molar-refractivity contribution in [1.82, 2.24) is 4.90 Å². The summed E-state index contributed by atoms with van der Waals surface area (Å²) in [6.07, 6.45) is 0.447. The highest BCUT2D eigenvalue weighted by atomic mass is 32.2. The molecule has 1 fully saturated rings. The van der Waals surface area contributed by atoms with Crippen molar-refractivity contribution in [2.45, 2.75) is 26.3 Å². The second kappa shape index (κ2) is 6.58. The third-order valence-electron chi connectivity index (χ3n) is 3.82. The van der Waals surface area contributed by atoms with Gasteiger partial charge in [0.05, 0.1) is 23.9 Å². The van der Waals surface area contributed by atoms with Crippen molar-refractivity contribution in [2.24, 2.45) is 4.99 Å². The van der Waals surface area contributed by atoms with Crippen molar-refractivity contribution >= 4 is 28.8 Å². The molecule has 1 atom stereocenters. The number of carbonyl (C=O) groups excluding carboxylic acids is 2. The van der Waals surface area contributed by atoms with E-state index in [-0.39, 0.29) is 12.5 Å². The predicted octanol–water partition coefficient (Wildman–Crippen LogP) is 2.90. The molecular weight excluding hydrogens is 312 g/mol. The van der Waals surface area contributed by atoms with Crippen molar-refractivity contribution < 1.29 is 14.3 Å². The monoisotopic (exact) mass is 330 g/mol. The van der Waals surface area contributed by atoms with Gasteiger partial charge in [0.1, 0.15) is 0 Å². The van der Waals surface area contributed by atoms with Gasteiger partial charge in [0.15, 0.2) is 5.17 Å². The summed E-state index contributed by atoms with van der Waals surface area (Å²) in [5.41, 5.74) is 1.95. The molecule has 0 spiro atoms. The number of amidine groups is 1. The van der Waals surface area contributed by atoms with Gasteiger partial charge < -0.3 is 4.74 Å². The first-order valence-corrected chi connectivity index (χ1v) is 8.58. The first kappa shape index (κ1) is 15.8. The van der Waals surface area contributed by atoms with E-state index in [1.807, 2.05) is 30.3 Å². The van der Waals surface area contributed by atoms with E-state index in [9.17, 15) is 9.59 Å². The van der Waals surface area contributed by atoms with Crippen molar-refractivity contribution in [3.8, 4) is 0 Å². The Morgan fingerprint density at radius 1 is 1.39 bits per heavy atom. The lowest BCUT2D eigenvalue weighted by atomic mass is 9.94. The summed E-state index contributed by atoms with van der Waals surface area (Å²) in [5, 5.41) is 0.667. The summed E-state index contributed by atoms with van der Waals surface area (Å²) in [7, 11) is 0. The number of ether oxygens (including phenoxy) is 1. The lowest BCUT2D eigenvalue weighted by Gasteiger charge is -2.38. The van der Waals surface area contributed by atoms with Gasteiger partial charge in [-0.05, 0) is 19.4 Å². The van der Waals surface area contributed by atoms with Gasteiger partial charge in [-0.15, -0.1) is 0 Å². The summed E-state index contributed by atoms with van der Waals surface area (Å²) in [4.78, 5) is 31.1. The minimum absolute atomic E-state index is 0.00866. The Hall–Kier alpha value is -2.08. The van der Waals surface area contributed by atoms with Crippen LogP contribution in [0.2, 0.25) is 0 Å². The molecule has 0 aromatic heterocycles. The largest absolute Gasteiger partial charge is 0.463 e. The fourth-order valence-corrected chi connectivity index (χ4v) is 3.82. The summed E-state index contributed by atoms with van der Waals surface area (Å²) in [6.45, 7) is 3.85. The molecule has 0 bridgehead atoms. The van der Waals surface area contributed by atoms with Crippen molar-refractivity contribution in [3.05, 3.63) is 47.2 Å². The van der Waals surface area contributed by atoms with E-state index in [2.05, 4.69) is 4.99 Å². The fraction of sp³-hybridized carbons (Fsp3) is 0.353. The Balaban J connectivity index is 2.14. The Kier molecular flexibility index (Phi) is 4.52. The minimum atomic E-state index is -0.469. The zero-order valence-electron chi connectivity index (χ0n) is 13.1. The number of carbonyl (C=O) groups is 2. The summed E-state index contributed by atoms with van der Waals surface area (Å²) < 4.78 is 5.21. The number of benzene rings is 1. The maximum Gasteiger partial charge on any atom is 0.338 e. The standard InChI is InChI=1S/C17H18N2O3S/c1-3-22-16(21)14-11(2)18-17-19(13(20)9-10-23-17)15(14)12-7-5-4-6-8-12/h4-8,15H,3,9-10H2,1-2H3/t15-/m0/s1. The number of rotatable bonds is 3. The van der Waals surface area contributed by atoms with Crippen LogP contribution in [0.1, 0.15) is 31.9 Å². The second-order valence-electron chi connectivity index (χ2n) is 5.29. The molecule has 1 amide bonds. The predicted molar refractivity (Wildman–Crippen MR) is 89.9 cm³/mol. The van der Waals surface area contributed by atoms with Crippen LogP contribution < -0.4 is 0 Å². The number of esters is 1. The summed E-state index contributed by atoms with van der Waals surface area (Å²) in [5.74, 6) is 0.299. The molecule has 1 aromatic rings. The normalized spacial score (nSPS) is 21.0. The van der Waals surface area contributed by atoms with Crippen LogP contribution in [-0.4, -0.2) is 34.3 Å². The molecule has 1 saturated heterocycles. The smallest absolute Gasteiger partial charge is 0.338 e. The quantitative estimate of drug-likeness (QED) is 0.800. The van der Waals surface area contributed by atoms with Gasteiger partial charge in [-0.2, -0.15) is 0 Å². The van der Waals surface area contributed by atoms with Gasteiger partial charge in [0, 0.05) is 12.2 Å². The number of hydrogen-bond donors (Lipinski definition) is 0. The number of thioether (sulfide) groups is 1. The maximum atomic E-state index is 12.5. The third-order valence-corrected chi connectivity index (χ3v) is 4.77. The molecule has 1 aromatic carbocycles. The average Bonchev–Trinajstić information content (AvgIpc) is 2.54. The molecule has 0 saturated carbocycles. The minimum Gasteiger partial charge on any atom is -0.463 e. The fourth-order valence-electron chi connectivity index (χ4n) is 2.82. The molecule has 120 valence electrons. The molecule has 2 aliphatic rings. The molecule has 0 unspecified atom stereocenters. The van der Waals surface area contributed by atoms with Crippen LogP contribution in [-0.2, 0) is 14.3 Å².